The monoisotopic (exact) mass is 381 g/mol. The first-order valence-corrected chi connectivity index (χ1v) is 10.2. The maximum atomic E-state index is 14.9. The molecule has 0 saturated carbocycles. The second kappa shape index (κ2) is 7.25. The van der Waals surface area contributed by atoms with Crippen molar-refractivity contribution < 1.29 is 19.0 Å². The minimum atomic E-state index is -1.14. The number of carbonyl (C=O) groups excluding carboxylic acids is 1. The quantitative estimate of drug-likeness (QED) is 0.825. The lowest BCUT2D eigenvalue weighted by atomic mass is 10.2. The van der Waals surface area contributed by atoms with E-state index < -0.39 is 6.41 Å². The number of nitrogens with one attached hydrogen (secondary N) is 1. The zero-order valence-corrected chi connectivity index (χ0v) is 15.5. The predicted octanol–water partition coefficient (Wildman–Crippen LogP) is 1.53. The SMILES string of the molecule is CC(=O)NC[C@H]1CN(c2ccc(N3C4CCC3CSC4)c(F)c2)C(O)O1. The second-order valence-electron chi connectivity index (χ2n) is 7.14. The van der Waals surface area contributed by atoms with Crippen LogP contribution in [0.2, 0.25) is 0 Å². The summed E-state index contributed by atoms with van der Waals surface area (Å²) in [5.41, 5.74) is 1.24. The predicted molar refractivity (Wildman–Crippen MR) is 99.9 cm³/mol. The highest BCUT2D eigenvalue weighted by atomic mass is 32.2. The van der Waals surface area contributed by atoms with E-state index in [0.717, 1.165) is 24.3 Å². The van der Waals surface area contributed by atoms with E-state index in [1.165, 1.54) is 13.0 Å². The average Bonchev–Trinajstić information content (AvgIpc) is 3.09. The Morgan fingerprint density at radius 2 is 2.12 bits per heavy atom. The molecule has 3 saturated heterocycles. The fourth-order valence-corrected chi connectivity index (χ4v) is 5.44. The average molecular weight is 381 g/mol. The Labute approximate surface area is 156 Å². The van der Waals surface area contributed by atoms with E-state index >= 15 is 0 Å². The Morgan fingerprint density at radius 3 is 2.77 bits per heavy atom. The summed E-state index contributed by atoms with van der Waals surface area (Å²) in [6, 6.07) is 5.97. The minimum absolute atomic E-state index is 0.147. The molecule has 26 heavy (non-hydrogen) atoms. The number of amides is 1. The molecule has 6 nitrogen and oxygen atoms in total. The summed E-state index contributed by atoms with van der Waals surface area (Å²) in [7, 11) is 0. The Kier molecular flexibility index (Phi) is 4.98. The number of aliphatic hydroxyl groups is 1. The van der Waals surface area contributed by atoms with Gasteiger partial charge in [0.1, 0.15) is 5.82 Å². The van der Waals surface area contributed by atoms with Crippen LogP contribution < -0.4 is 15.1 Å². The summed E-state index contributed by atoms with van der Waals surface area (Å²) in [4.78, 5) is 14.9. The Bertz CT molecular complexity index is 676. The van der Waals surface area contributed by atoms with Crippen LogP contribution in [0, 0.1) is 5.82 Å². The molecule has 0 radical (unpaired) electrons. The number of halogens is 1. The van der Waals surface area contributed by atoms with Crippen LogP contribution in [0.3, 0.4) is 0 Å². The minimum Gasteiger partial charge on any atom is -0.362 e. The number of carbonyl (C=O) groups is 1. The molecule has 1 amide bonds. The van der Waals surface area contributed by atoms with Gasteiger partial charge in [-0.15, -0.1) is 0 Å². The van der Waals surface area contributed by atoms with Gasteiger partial charge in [0.2, 0.25) is 12.3 Å². The molecule has 0 aliphatic carbocycles. The van der Waals surface area contributed by atoms with Crippen LogP contribution in [0.4, 0.5) is 15.8 Å². The van der Waals surface area contributed by atoms with Crippen molar-refractivity contribution in [3.05, 3.63) is 24.0 Å². The molecule has 0 spiro atoms. The second-order valence-corrected chi connectivity index (χ2v) is 8.21. The van der Waals surface area contributed by atoms with E-state index in [0.29, 0.717) is 36.5 Å². The standard InChI is InChI=1S/C18H24FN3O3S/c1-11(23)20-7-15-8-21(18(24)25-15)12-4-5-17(16(19)6-12)22-13-2-3-14(22)10-26-9-13/h4-6,13-15,18,24H,2-3,7-10H2,1H3,(H,20,23)/t13?,14?,15-,18?/m0/s1. The van der Waals surface area contributed by atoms with E-state index in [2.05, 4.69) is 10.2 Å². The normalized spacial score (nSPS) is 30.7. The molecule has 2 bridgehead atoms. The van der Waals surface area contributed by atoms with Gasteiger partial charge in [-0.3, -0.25) is 4.79 Å². The molecule has 2 N–H and O–H groups in total. The molecule has 8 heteroatoms. The molecule has 4 atom stereocenters. The lowest BCUT2D eigenvalue weighted by Gasteiger charge is -2.36. The molecule has 142 valence electrons. The van der Waals surface area contributed by atoms with Gasteiger partial charge in [-0.25, -0.2) is 4.39 Å². The van der Waals surface area contributed by atoms with Crippen molar-refractivity contribution in [1.82, 2.24) is 5.32 Å². The number of rotatable bonds is 4. The first-order valence-electron chi connectivity index (χ1n) is 9.03. The van der Waals surface area contributed by atoms with E-state index in [1.54, 1.807) is 4.90 Å². The summed E-state index contributed by atoms with van der Waals surface area (Å²) >= 11 is 1.96. The summed E-state index contributed by atoms with van der Waals surface area (Å²) in [5.74, 6) is 1.71. The molecule has 3 aliphatic rings. The van der Waals surface area contributed by atoms with Gasteiger partial charge < -0.3 is 25.0 Å². The van der Waals surface area contributed by atoms with Gasteiger partial charge in [-0.05, 0) is 31.0 Å². The van der Waals surface area contributed by atoms with Gasteiger partial charge in [-0.2, -0.15) is 11.8 Å². The number of aliphatic hydroxyl groups excluding tert-OH is 1. The Balaban J connectivity index is 1.49. The summed E-state index contributed by atoms with van der Waals surface area (Å²) < 4.78 is 20.3. The fraction of sp³-hybridized carbons (Fsp3) is 0.611. The van der Waals surface area contributed by atoms with Crippen molar-refractivity contribution in [2.24, 2.45) is 0 Å². The number of ether oxygens (including phenoxy) is 1. The van der Waals surface area contributed by atoms with Crippen LogP contribution in [0.5, 0.6) is 0 Å². The number of hydrogen-bond acceptors (Lipinski definition) is 6. The van der Waals surface area contributed by atoms with E-state index in [9.17, 15) is 14.3 Å². The van der Waals surface area contributed by atoms with Crippen molar-refractivity contribution >= 4 is 29.0 Å². The molecule has 1 aromatic carbocycles. The zero-order chi connectivity index (χ0) is 18.3. The molecule has 3 heterocycles. The molecule has 3 unspecified atom stereocenters. The van der Waals surface area contributed by atoms with Crippen LogP contribution in [-0.2, 0) is 9.53 Å². The van der Waals surface area contributed by atoms with Crippen LogP contribution >= 0.6 is 11.8 Å². The maximum Gasteiger partial charge on any atom is 0.238 e. The summed E-state index contributed by atoms with van der Waals surface area (Å²) in [5, 5.41) is 12.8. The first-order chi connectivity index (χ1) is 12.5. The Morgan fingerprint density at radius 1 is 1.38 bits per heavy atom. The first kappa shape index (κ1) is 17.9. The van der Waals surface area contributed by atoms with E-state index in [4.69, 9.17) is 4.74 Å². The number of anilines is 2. The molecular weight excluding hydrogens is 357 g/mol. The highest BCUT2D eigenvalue weighted by Gasteiger charge is 2.38. The number of nitrogens with zero attached hydrogens (tertiary/aromatic N) is 2. The van der Waals surface area contributed by atoms with Crippen LogP contribution in [0.15, 0.2) is 18.2 Å². The van der Waals surface area contributed by atoms with Crippen LogP contribution in [-0.4, -0.2) is 60.2 Å². The zero-order valence-electron chi connectivity index (χ0n) is 14.7. The van der Waals surface area contributed by atoms with Crippen molar-refractivity contribution in [3.63, 3.8) is 0 Å². The molecule has 0 aromatic heterocycles. The van der Waals surface area contributed by atoms with Crippen molar-refractivity contribution in [2.45, 2.75) is 44.4 Å². The van der Waals surface area contributed by atoms with E-state index in [1.807, 2.05) is 23.9 Å². The van der Waals surface area contributed by atoms with E-state index in [-0.39, 0.29) is 17.8 Å². The molecule has 3 fully saturated rings. The van der Waals surface area contributed by atoms with Gasteiger partial charge in [-0.1, -0.05) is 0 Å². The fourth-order valence-electron chi connectivity index (χ4n) is 4.11. The maximum absolute atomic E-state index is 14.9. The molecular formula is C18H24FN3O3S. The third kappa shape index (κ3) is 3.37. The third-order valence-corrected chi connectivity index (χ3v) is 6.58. The summed E-state index contributed by atoms with van der Waals surface area (Å²) in [6.07, 6.45) is 0.790. The van der Waals surface area contributed by atoms with Crippen LogP contribution in [0.25, 0.3) is 0 Å². The largest absolute Gasteiger partial charge is 0.362 e. The smallest absolute Gasteiger partial charge is 0.238 e. The van der Waals surface area contributed by atoms with Gasteiger partial charge in [0, 0.05) is 42.7 Å². The number of hydrogen-bond donors (Lipinski definition) is 2. The summed E-state index contributed by atoms with van der Waals surface area (Å²) in [6.45, 7) is 2.15. The number of benzene rings is 1. The van der Waals surface area contributed by atoms with Crippen molar-refractivity contribution in [2.75, 3.05) is 34.4 Å². The number of fused-ring (bicyclic) bond motifs is 2. The molecule has 1 aromatic rings. The lowest BCUT2D eigenvalue weighted by molar-refractivity contribution is -0.121. The van der Waals surface area contributed by atoms with Crippen molar-refractivity contribution in [3.8, 4) is 0 Å². The lowest BCUT2D eigenvalue weighted by Crippen LogP contribution is -2.43. The van der Waals surface area contributed by atoms with Gasteiger partial charge in [0.05, 0.1) is 18.3 Å². The number of thioether (sulfide) groups is 1. The highest BCUT2D eigenvalue weighted by molar-refractivity contribution is 7.99. The molecule has 4 rings (SSSR count). The van der Waals surface area contributed by atoms with Crippen LogP contribution in [0.1, 0.15) is 19.8 Å². The van der Waals surface area contributed by atoms with Gasteiger partial charge in [0.15, 0.2) is 0 Å². The topological polar surface area (TPSA) is 65.0 Å². The Hall–Kier alpha value is -1.51. The highest BCUT2D eigenvalue weighted by Crippen LogP contribution is 2.40. The molecule has 3 aliphatic heterocycles. The third-order valence-electron chi connectivity index (χ3n) is 5.34. The van der Waals surface area contributed by atoms with Crippen molar-refractivity contribution in [1.29, 1.82) is 0 Å². The van der Waals surface area contributed by atoms with Gasteiger partial charge in [0.25, 0.3) is 0 Å². The van der Waals surface area contributed by atoms with Gasteiger partial charge >= 0.3 is 0 Å².